The lowest BCUT2D eigenvalue weighted by atomic mass is 9.66. The highest BCUT2D eigenvalue weighted by molar-refractivity contribution is 5.91. The lowest BCUT2D eigenvalue weighted by molar-refractivity contribution is 0.228. The Hall–Kier alpha value is -6.71. The summed E-state index contributed by atoms with van der Waals surface area (Å²) in [6.07, 6.45) is 29.8. The van der Waals surface area contributed by atoms with Crippen molar-refractivity contribution in [1.82, 2.24) is 4.98 Å². The fourth-order valence-electron chi connectivity index (χ4n) is 12.0. The molecule has 0 amide bonds. The van der Waals surface area contributed by atoms with Gasteiger partial charge in [0.2, 0.25) is 0 Å². The molecule has 4 aliphatic carbocycles. The van der Waals surface area contributed by atoms with E-state index in [9.17, 15) is 0 Å². The molecule has 1 heterocycles. The van der Waals surface area contributed by atoms with E-state index < -0.39 is 5.41 Å². The van der Waals surface area contributed by atoms with Crippen molar-refractivity contribution in [2.45, 2.75) is 115 Å². The third-order valence-electron chi connectivity index (χ3n) is 17.1. The Morgan fingerprint density at radius 1 is 0.493 bits per heavy atom. The molecule has 0 spiro atoms. The van der Waals surface area contributed by atoms with E-state index >= 15 is 0 Å². The molecule has 2 unspecified atom stereocenters. The van der Waals surface area contributed by atoms with E-state index in [4.69, 9.17) is 4.98 Å². The first-order valence-electron chi connectivity index (χ1n) is 25.9. The highest BCUT2D eigenvalue weighted by atomic mass is 15.2. The second-order valence-corrected chi connectivity index (χ2v) is 23.7. The first-order valence-corrected chi connectivity index (χ1v) is 25.9. The number of anilines is 4. The lowest BCUT2D eigenvalue weighted by Gasteiger charge is -2.38. The molecule has 4 aliphatic rings. The molecule has 1 aromatic heterocycles. The molecular weight excluding hydrogens is 859 g/mol. The summed E-state index contributed by atoms with van der Waals surface area (Å²) in [5, 5.41) is 0. The van der Waals surface area contributed by atoms with Crippen LogP contribution in [-0.2, 0) is 18.3 Å². The van der Waals surface area contributed by atoms with E-state index in [1.165, 1.54) is 83.7 Å². The van der Waals surface area contributed by atoms with Gasteiger partial charge in [0.1, 0.15) is 0 Å². The minimum Gasteiger partial charge on any atom is -0.310 e. The van der Waals surface area contributed by atoms with Gasteiger partial charge in [0.25, 0.3) is 0 Å². The number of hydrogen-bond acceptors (Lipinski definition) is 3. The number of pyridine rings is 1. The summed E-state index contributed by atoms with van der Waals surface area (Å²) in [7, 11) is 0. The van der Waals surface area contributed by atoms with Gasteiger partial charge in [0, 0.05) is 46.0 Å². The maximum absolute atomic E-state index is 4.93. The van der Waals surface area contributed by atoms with Crippen LogP contribution in [0, 0.1) is 63.2 Å². The zero-order valence-corrected chi connectivity index (χ0v) is 44.8. The molecule has 0 N–H and O–H groups in total. The van der Waals surface area contributed by atoms with Crippen molar-refractivity contribution in [3.8, 4) is 11.1 Å². The third kappa shape index (κ3) is 7.92. The number of aryl methyl sites for hydroxylation is 8. The molecule has 3 nitrogen and oxygen atoms in total. The minimum absolute atomic E-state index is 0.0293. The average molecular weight is 932 g/mol. The van der Waals surface area contributed by atoms with Crippen LogP contribution in [0.2, 0.25) is 0 Å². The normalized spacial score (nSPS) is 21.1. The fourth-order valence-corrected chi connectivity index (χ4v) is 12.0. The van der Waals surface area contributed by atoms with Crippen molar-refractivity contribution in [1.29, 1.82) is 0 Å². The first kappa shape index (κ1) is 47.9. The van der Waals surface area contributed by atoms with Crippen LogP contribution >= 0.6 is 0 Å². The highest BCUT2D eigenvalue weighted by Crippen LogP contribution is 2.59. The van der Waals surface area contributed by atoms with E-state index in [1.54, 1.807) is 0 Å². The molecule has 0 radical (unpaired) electrons. The summed E-state index contributed by atoms with van der Waals surface area (Å²) in [5.74, 6) is 0. The summed E-state index contributed by atoms with van der Waals surface area (Å²) in [4.78, 5) is 9.98. The summed E-state index contributed by atoms with van der Waals surface area (Å²) >= 11 is 0. The predicted octanol–water partition coefficient (Wildman–Crippen LogP) is 17.8. The molecule has 0 saturated carbocycles. The van der Waals surface area contributed by atoms with E-state index in [0.717, 1.165) is 41.2 Å². The Balaban J connectivity index is 1.26. The largest absolute Gasteiger partial charge is 0.310 e. The van der Waals surface area contributed by atoms with Crippen molar-refractivity contribution in [2.24, 2.45) is 21.7 Å². The topological polar surface area (TPSA) is 19.4 Å². The molecule has 360 valence electrons. The van der Waals surface area contributed by atoms with Crippen LogP contribution in [0.4, 0.5) is 22.7 Å². The molecule has 71 heavy (non-hydrogen) atoms. The van der Waals surface area contributed by atoms with E-state index in [-0.39, 0.29) is 21.7 Å². The van der Waals surface area contributed by atoms with E-state index in [0.29, 0.717) is 0 Å². The van der Waals surface area contributed by atoms with E-state index in [1.807, 2.05) is 6.20 Å². The Morgan fingerprint density at radius 2 is 0.958 bits per heavy atom. The maximum atomic E-state index is 4.93. The van der Waals surface area contributed by atoms with Gasteiger partial charge in [0.05, 0.1) is 16.8 Å². The van der Waals surface area contributed by atoms with Crippen LogP contribution in [0.15, 0.2) is 176 Å². The van der Waals surface area contributed by atoms with Crippen molar-refractivity contribution in [2.75, 3.05) is 9.80 Å². The number of aromatic nitrogens is 1. The summed E-state index contributed by atoms with van der Waals surface area (Å²) in [5.41, 5.74) is 23.9. The first-order chi connectivity index (χ1) is 33.6. The Labute approximate surface area is 425 Å². The van der Waals surface area contributed by atoms with Gasteiger partial charge in [-0.15, -0.1) is 0 Å². The zero-order chi connectivity index (χ0) is 50.4. The molecule has 3 heteroatoms. The van der Waals surface area contributed by atoms with Gasteiger partial charge >= 0.3 is 0 Å². The minimum atomic E-state index is -0.696. The number of hydrogen-bond donors (Lipinski definition) is 0. The molecule has 10 rings (SSSR count). The number of nitrogens with zero attached hydrogens (tertiary/aromatic N) is 3. The van der Waals surface area contributed by atoms with Gasteiger partial charge in [-0.1, -0.05) is 164 Å². The van der Waals surface area contributed by atoms with Crippen LogP contribution in [-0.4, -0.2) is 4.98 Å². The summed E-state index contributed by atoms with van der Waals surface area (Å²) in [6.45, 7) is 32.2. The second-order valence-electron chi connectivity index (χ2n) is 23.7. The average Bonchev–Trinajstić information content (AvgIpc) is 3.42. The molecule has 0 aliphatic heterocycles. The van der Waals surface area contributed by atoms with Crippen molar-refractivity contribution in [3.05, 3.63) is 242 Å². The molecule has 0 fully saturated rings. The van der Waals surface area contributed by atoms with Crippen LogP contribution in [0.25, 0.3) is 11.1 Å². The SMILES string of the molecule is Cc1cc(C)c(N(C2=CC=CC(C)(C(C)(C)C)C=C2)c2ccc3c(c2)C(c2cccnc2)(c2ccc4c(c2)CC4)c2cc(N(C4=CC=CC(C)(C(C)(C)C)C=C4)c4c(C)cc(C)cc4C)ccc2-3)c(C)c1. The maximum Gasteiger partial charge on any atom is 0.0730 e. The fraction of sp³-hybridized carbons (Fsp3) is 0.309. The molecular formula is C68H73N3. The van der Waals surface area contributed by atoms with Gasteiger partial charge in [-0.2, -0.15) is 0 Å². The van der Waals surface area contributed by atoms with E-state index in [2.05, 4.69) is 265 Å². The van der Waals surface area contributed by atoms with Crippen molar-refractivity contribution in [3.63, 3.8) is 0 Å². The van der Waals surface area contributed by atoms with Crippen molar-refractivity contribution < 1.29 is 0 Å². The van der Waals surface area contributed by atoms with Crippen LogP contribution in [0.1, 0.15) is 122 Å². The monoisotopic (exact) mass is 932 g/mol. The molecule has 5 aromatic carbocycles. The van der Waals surface area contributed by atoms with Crippen LogP contribution < -0.4 is 9.80 Å². The van der Waals surface area contributed by atoms with Crippen molar-refractivity contribution >= 4 is 22.7 Å². The Morgan fingerprint density at radius 3 is 1.35 bits per heavy atom. The summed E-state index contributed by atoms with van der Waals surface area (Å²) in [6, 6.07) is 35.7. The highest BCUT2D eigenvalue weighted by Gasteiger charge is 2.48. The third-order valence-corrected chi connectivity index (χ3v) is 17.1. The number of benzene rings is 5. The number of allylic oxidation sites excluding steroid dienone is 10. The smallest absolute Gasteiger partial charge is 0.0730 e. The van der Waals surface area contributed by atoms with Crippen LogP contribution in [0.3, 0.4) is 0 Å². The quantitative estimate of drug-likeness (QED) is 0.151. The summed E-state index contributed by atoms with van der Waals surface area (Å²) < 4.78 is 0. The van der Waals surface area contributed by atoms with Gasteiger partial charge in [-0.3, -0.25) is 4.98 Å². The molecule has 2 atom stereocenters. The predicted molar refractivity (Wildman–Crippen MR) is 302 cm³/mol. The van der Waals surface area contributed by atoms with Gasteiger partial charge in [-0.25, -0.2) is 0 Å². The zero-order valence-electron chi connectivity index (χ0n) is 44.8. The van der Waals surface area contributed by atoms with Crippen LogP contribution in [0.5, 0.6) is 0 Å². The number of fused-ring (bicyclic) bond motifs is 4. The number of rotatable bonds is 8. The van der Waals surface area contributed by atoms with Gasteiger partial charge < -0.3 is 9.80 Å². The molecule has 6 aromatic rings. The molecule has 0 saturated heterocycles. The van der Waals surface area contributed by atoms with Gasteiger partial charge in [-0.05, 0) is 187 Å². The molecule has 0 bridgehead atoms. The Kier molecular flexibility index (Phi) is 11.7. The second kappa shape index (κ2) is 17.3. The standard InChI is InChI=1S/C68H73N3/c1-44-36-46(3)62(47(4)37-44)70(54-19-15-31-66(13,33-29-54)64(7,8)9)56-25-27-58-59-28-26-57(71(63-48(5)38-45(2)39-49(63)6)55-20-16-32-67(14,34-30-55)65(10,11)12)42-61(59)68(60(58)41-56,53-18-17-35-69-43-53)52-24-23-50-21-22-51(50)40-52/h15-20,23-43H,21-22H2,1-14H3. The lowest BCUT2D eigenvalue weighted by Crippen LogP contribution is -2.30. The Bertz CT molecular complexity index is 3100. The van der Waals surface area contributed by atoms with Gasteiger partial charge in [0.15, 0.2) is 0 Å².